The quantitative estimate of drug-likeness (QED) is 0.0216. The van der Waals surface area contributed by atoms with Crippen molar-refractivity contribution >= 4 is 166 Å². The Bertz CT molecular complexity index is 4570. The maximum Gasteiger partial charge on any atom is 0.326 e. The van der Waals surface area contributed by atoms with Crippen LogP contribution in [0, 0.1) is 17.8 Å². The van der Waals surface area contributed by atoms with E-state index in [2.05, 4.69) is 121 Å². The standard InChI is InChI=1S/C88H146N24O27S2/c1-11-44(6)69(85(135)103-56(26-29-65(94)116)77(127)101-57(27-30-67(118)119)78(128)104-58(88(138)139)24-16-19-33-91)110-84(134)63(41-141)109-79(129)55(25-28-64(93)115)100-76(126)54(23-15-18-32-90)102-87(137)71(48(10)114)112-83(133)60(35-43(4)5)106-80(130)59(34-42(2)3)105-82(132)62(37-68(120)121)108-81(131)61(36-49-38-95-52-21-13-12-20-50(49)52)107-75(125)53(22-14-17-31-89)99-66(117)39-96-72(122)45(7)97-73(123)46(8)98-86(136)70(47(9)113)111-74(124)51(92)40-140/h12-13,20-21,38,42-48,51,53-63,69-71,95,113-114,140-141H,11,14-19,22-37,39-41,89-92H2,1-10H3,(H2,93,115)(H2,94,116)(H,96,122)(H,97,123)(H,98,136)(H,99,117)(H,100,126)(H,101,127)(H,102,137)(H,103,135)(H,104,128)(H,105,132)(H,106,130)(H,107,125)(H,108,131)(H,109,129)(H,110,134)(H,111,124)(H,112,133)(H,118,119)(H,120,121)(H,138,139)/t44-,45-,46-,47+,48+,51-,53-,54-,55-,56-,57-,58-,59-,60-,61-,62-,63-,69-,70-,71-/m0/s1. The lowest BCUT2D eigenvalue weighted by atomic mass is 9.97. The summed E-state index contributed by atoms with van der Waals surface area (Å²) in [5, 5.41) is 92.8. The van der Waals surface area contributed by atoms with Crippen molar-refractivity contribution in [2.75, 3.05) is 37.7 Å². The number of carbonyl (C=O) groups is 22. The number of nitrogens with one attached hydrogen (secondary N) is 18. The van der Waals surface area contributed by atoms with Crippen LogP contribution in [-0.2, 0) is 112 Å². The van der Waals surface area contributed by atoms with Crippen LogP contribution in [0.3, 0.4) is 0 Å². The minimum Gasteiger partial charge on any atom is -0.481 e. The van der Waals surface area contributed by atoms with Crippen molar-refractivity contribution in [2.45, 2.75) is 313 Å². The normalized spacial score (nSPS) is 15.5. The van der Waals surface area contributed by atoms with Crippen LogP contribution in [-0.4, -0.2) is 313 Å². The number of hydrogen-bond acceptors (Lipinski definition) is 30. The fourth-order valence-corrected chi connectivity index (χ4v) is 14.5. The number of para-hydroxylation sites is 1. The maximum atomic E-state index is 14.9. The molecule has 0 aliphatic heterocycles. The molecule has 0 aliphatic carbocycles. The molecule has 0 saturated carbocycles. The van der Waals surface area contributed by atoms with E-state index in [9.17, 15) is 131 Å². The first kappa shape index (κ1) is 125. The second kappa shape index (κ2) is 64.8. The highest BCUT2D eigenvalue weighted by Gasteiger charge is 2.41. The predicted octanol–water partition coefficient (Wildman–Crippen LogP) is -7.95. The number of primary amides is 2. The molecule has 0 radical (unpaired) electrons. The van der Waals surface area contributed by atoms with Crippen LogP contribution in [0.5, 0.6) is 0 Å². The highest BCUT2D eigenvalue weighted by molar-refractivity contribution is 7.80. The average molecular weight is 2040 g/mol. The third-order valence-electron chi connectivity index (χ3n) is 22.3. The van der Waals surface area contributed by atoms with E-state index in [-0.39, 0.29) is 96.0 Å². The maximum absolute atomic E-state index is 14.9. The van der Waals surface area contributed by atoms with E-state index in [1.54, 1.807) is 58.9 Å². The Kier molecular flexibility index (Phi) is 57.3. The van der Waals surface area contributed by atoms with E-state index in [1.807, 2.05) is 0 Å². The third kappa shape index (κ3) is 46.2. The van der Waals surface area contributed by atoms with Crippen LogP contribution in [0.2, 0.25) is 0 Å². The minimum atomic E-state index is -2.03. The lowest BCUT2D eigenvalue weighted by Crippen LogP contribution is -2.62. The molecule has 2 aromatic rings. The SMILES string of the molecule is CC[C@H](C)[C@H](NC(=O)[C@H](CS)NC(=O)[C@H](CCC(N)=O)NC(=O)[C@H](CCCCN)NC(=O)[C@@H](NC(=O)[C@H](CC(C)C)NC(=O)[C@H](CC(C)C)NC(=O)[C@H](CC(=O)O)NC(=O)[C@H](Cc1c[nH]c2ccccc12)NC(=O)[C@H](CCCCN)NC(=O)CNC(=O)[C@H](C)NC(=O)[C@H](C)NC(=O)[C@@H](NC(=O)[C@@H](N)CS)[C@@H](C)O)[C@@H](C)O)C(=O)N[C@@H](CCC(N)=O)C(=O)N[C@@H](CCC(=O)O)C(=O)N[C@@H](CCCCN)C(=O)O. The zero-order chi connectivity index (χ0) is 107. The van der Waals surface area contributed by atoms with E-state index >= 15 is 0 Å². The van der Waals surface area contributed by atoms with Crippen molar-refractivity contribution in [3.63, 3.8) is 0 Å². The number of hydrogen-bond donors (Lipinski definition) is 31. The summed E-state index contributed by atoms with van der Waals surface area (Å²) in [6, 6.07) is -20.6. The number of thiol groups is 2. The molecule has 0 aliphatic rings. The van der Waals surface area contributed by atoms with Gasteiger partial charge in [-0.2, -0.15) is 25.3 Å². The molecule has 792 valence electrons. The summed E-state index contributed by atoms with van der Waals surface area (Å²) in [6.45, 7) is 14.1. The number of aromatic amines is 1. The molecule has 1 heterocycles. The number of carboxylic acids is 3. The van der Waals surface area contributed by atoms with Crippen molar-refractivity contribution < 1.29 is 131 Å². The highest BCUT2D eigenvalue weighted by atomic mass is 32.1. The highest BCUT2D eigenvalue weighted by Crippen LogP contribution is 2.22. The zero-order valence-corrected chi connectivity index (χ0v) is 82.8. The van der Waals surface area contributed by atoms with E-state index < -0.39 is 320 Å². The topological polar surface area (TPSA) is 853 Å². The van der Waals surface area contributed by atoms with E-state index in [1.165, 1.54) is 33.9 Å². The number of unbranched alkanes of at least 4 members (excludes halogenated alkanes) is 3. The molecule has 0 unspecified atom stereocenters. The minimum absolute atomic E-state index is 0.0666. The average Bonchev–Trinajstić information content (AvgIpc) is 1.68. The van der Waals surface area contributed by atoms with E-state index in [0.29, 0.717) is 29.3 Å². The Morgan fingerprint density at radius 3 is 1.16 bits per heavy atom. The molecule has 0 fully saturated rings. The number of carboxylic acid groups (broad SMARTS) is 3. The summed E-state index contributed by atoms with van der Waals surface area (Å²) in [4.78, 5) is 303. The Hall–Kier alpha value is -12.4. The fraction of sp³-hybridized carbons (Fsp3) is 0.659. The molecular formula is C88H146N24O27S2. The smallest absolute Gasteiger partial charge is 0.326 e. The van der Waals surface area contributed by atoms with Crippen molar-refractivity contribution in [3.8, 4) is 0 Å². The molecule has 20 atom stereocenters. The lowest BCUT2D eigenvalue weighted by molar-refractivity contribution is -0.143. The number of carbonyl (C=O) groups excluding carboxylic acids is 19. The van der Waals surface area contributed by atoms with E-state index in [0.717, 1.165) is 6.92 Å². The number of nitrogens with two attached hydrogens (primary N) is 6. The van der Waals surface area contributed by atoms with Crippen molar-refractivity contribution in [1.82, 2.24) is 95.4 Å². The summed E-state index contributed by atoms with van der Waals surface area (Å²) < 4.78 is 0. The fourth-order valence-electron chi connectivity index (χ4n) is 14.0. The first-order valence-electron chi connectivity index (χ1n) is 46.6. The van der Waals surface area contributed by atoms with Gasteiger partial charge in [0.15, 0.2) is 0 Å². The Morgan fingerprint density at radius 2 is 0.723 bits per heavy atom. The first-order valence-corrected chi connectivity index (χ1v) is 47.9. The largest absolute Gasteiger partial charge is 0.481 e. The van der Waals surface area contributed by atoms with Gasteiger partial charge in [-0.25, -0.2) is 4.79 Å². The van der Waals surface area contributed by atoms with Crippen LogP contribution in [0.25, 0.3) is 10.9 Å². The van der Waals surface area contributed by atoms with Gasteiger partial charge < -0.3 is 155 Å². The summed E-state index contributed by atoms with van der Waals surface area (Å²) in [6.07, 6.45) is -5.89. The van der Waals surface area contributed by atoms with Crippen molar-refractivity contribution in [3.05, 3.63) is 36.0 Å². The van der Waals surface area contributed by atoms with Crippen LogP contribution >= 0.6 is 25.3 Å². The van der Waals surface area contributed by atoms with E-state index in [4.69, 9.17) is 34.4 Å². The molecule has 53 heteroatoms. The van der Waals surface area contributed by atoms with Gasteiger partial charge in [-0.3, -0.25) is 101 Å². The van der Waals surface area contributed by atoms with Crippen LogP contribution in [0.1, 0.15) is 197 Å². The van der Waals surface area contributed by atoms with Gasteiger partial charge in [0.1, 0.15) is 96.7 Å². The number of amides is 19. The Morgan fingerprint density at radius 1 is 0.369 bits per heavy atom. The van der Waals surface area contributed by atoms with Gasteiger partial charge in [0.05, 0.1) is 31.2 Å². The lowest BCUT2D eigenvalue weighted by Gasteiger charge is -2.30. The molecule has 51 nitrogen and oxygen atoms in total. The molecule has 141 heavy (non-hydrogen) atoms. The number of aromatic nitrogens is 1. The molecular weight excluding hydrogens is 1890 g/mol. The molecule has 1 aromatic heterocycles. The zero-order valence-electron chi connectivity index (χ0n) is 81.0. The van der Waals surface area contributed by atoms with Gasteiger partial charge in [0.2, 0.25) is 112 Å². The number of aliphatic hydroxyl groups excluding tert-OH is 2. The molecule has 19 amide bonds. The van der Waals surface area contributed by atoms with Crippen molar-refractivity contribution in [1.29, 1.82) is 0 Å². The number of rotatable bonds is 70. The van der Waals surface area contributed by atoms with Crippen LogP contribution in [0.4, 0.5) is 0 Å². The van der Waals surface area contributed by atoms with Gasteiger partial charge in [0.25, 0.3) is 0 Å². The molecule has 0 spiro atoms. The Balaban J connectivity index is 2.54. The number of aliphatic hydroxyl groups is 2. The number of aliphatic carboxylic acids is 3. The Labute approximate surface area is 827 Å². The summed E-state index contributed by atoms with van der Waals surface area (Å²) >= 11 is 8.21. The van der Waals surface area contributed by atoms with Gasteiger partial charge in [0, 0.05) is 54.3 Å². The summed E-state index contributed by atoms with van der Waals surface area (Å²) in [5.74, 6) is -26.8. The van der Waals surface area contributed by atoms with Gasteiger partial charge in [-0.1, -0.05) is 66.2 Å². The second-order valence-corrected chi connectivity index (χ2v) is 36.0. The van der Waals surface area contributed by atoms with Gasteiger partial charge >= 0.3 is 17.9 Å². The monoisotopic (exact) mass is 2040 g/mol. The van der Waals surface area contributed by atoms with Crippen LogP contribution < -0.4 is 125 Å². The third-order valence-corrected chi connectivity index (χ3v) is 23.0. The molecule has 0 bridgehead atoms. The first-order chi connectivity index (χ1) is 66.3. The molecule has 1 aromatic carbocycles. The van der Waals surface area contributed by atoms with Gasteiger partial charge in [-0.15, -0.1) is 0 Å². The van der Waals surface area contributed by atoms with Crippen LogP contribution in [0.15, 0.2) is 30.5 Å². The summed E-state index contributed by atoms with van der Waals surface area (Å²) in [5.41, 5.74) is 34.8. The van der Waals surface area contributed by atoms with Crippen molar-refractivity contribution in [2.24, 2.45) is 52.2 Å². The molecule has 0 saturated heterocycles. The number of fused-ring (bicyclic) bond motifs is 1. The number of benzene rings is 1. The molecule has 35 N–H and O–H groups in total. The van der Waals surface area contributed by atoms with Gasteiger partial charge in [-0.05, 0) is 167 Å². The second-order valence-electron chi connectivity index (χ2n) is 35.3. The number of H-pyrrole nitrogens is 1. The molecule has 2 rings (SSSR count). The predicted molar refractivity (Wildman–Crippen MR) is 517 cm³/mol. The summed E-state index contributed by atoms with van der Waals surface area (Å²) in [7, 11) is 0.